The van der Waals surface area contributed by atoms with Crippen LogP contribution < -0.4 is 0 Å². The molecule has 20 heavy (non-hydrogen) atoms. The Morgan fingerprint density at radius 3 is 2.45 bits per heavy atom. The quantitative estimate of drug-likeness (QED) is 0.332. The van der Waals surface area contributed by atoms with E-state index in [0.29, 0.717) is 5.57 Å². The monoisotopic (exact) mass is 278 g/mol. The van der Waals surface area contributed by atoms with Crippen molar-refractivity contribution < 1.29 is 24.9 Å². The van der Waals surface area contributed by atoms with Gasteiger partial charge >= 0.3 is 5.97 Å². The molecule has 1 saturated heterocycles. The van der Waals surface area contributed by atoms with Gasteiger partial charge in [0.25, 0.3) is 0 Å². The predicted molar refractivity (Wildman–Crippen MR) is 70.5 cm³/mol. The average Bonchev–Trinajstić information content (AvgIpc) is 2.78. The first-order valence-corrected chi connectivity index (χ1v) is 6.64. The van der Waals surface area contributed by atoms with Gasteiger partial charge in [-0.15, -0.1) is 0 Å². The average molecular weight is 278 g/mol. The Labute approximate surface area is 116 Å². The van der Waals surface area contributed by atoms with Crippen LogP contribution in [0.2, 0.25) is 0 Å². The molecule has 1 unspecified atom stereocenters. The Morgan fingerprint density at radius 1 is 1.15 bits per heavy atom. The van der Waals surface area contributed by atoms with E-state index in [2.05, 4.69) is 19.7 Å². The third-order valence-electron chi connectivity index (χ3n) is 5.00. The molecule has 1 heterocycles. The Hall–Kier alpha value is -1.43. The molecule has 3 fully saturated rings. The standard InChI is InChI=1S/C15H18O5/c1-6-9-4-11(16)7(2)10-5-12(17)8(3)15(10,19)13(9)20-14(6)18/h9-13,16-17,19H,1-5H2/t9-,10-,11?,12+,13-,15+/m0/s1. The number of carbonyl (C=O) groups is 1. The van der Waals surface area contributed by atoms with Gasteiger partial charge in [0.15, 0.2) is 0 Å². The van der Waals surface area contributed by atoms with Crippen molar-refractivity contribution in [3.63, 3.8) is 0 Å². The minimum Gasteiger partial charge on any atom is -0.455 e. The first-order valence-electron chi connectivity index (χ1n) is 6.64. The first-order chi connectivity index (χ1) is 9.28. The van der Waals surface area contributed by atoms with Crippen LogP contribution in [0.5, 0.6) is 0 Å². The first kappa shape index (κ1) is 13.5. The maximum Gasteiger partial charge on any atom is 0.334 e. The number of aliphatic hydroxyl groups excluding tert-OH is 2. The molecule has 3 rings (SSSR count). The fourth-order valence-electron chi connectivity index (χ4n) is 3.74. The van der Waals surface area contributed by atoms with Crippen molar-refractivity contribution >= 4 is 5.97 Å². The van der Waals surface area contributed by atoms with Crippen molar-refractivity contribution in [1.29, 1.82) is 0 Å². The smallest absolute Gasteiger partial charge is 0.334 e. The molecule has 0 amide bonds. The summed E-state index contributed by atoms with van der Waals surface area (Å²) in [6, 6.07) is 0. The molecule has 0 aromatic carbocycles. The second kappa shape index (κ2) is 4.04. The molecule has 0 bridgehead atoms. The summed E-state index contributed by atoms with van der Waals surface area (Å²) in [5, 5.41) is 31.3. The lowest BCUT2D eigenvalue weighted by molar-refractivity contribution is -0.151. The Kier molecular flexibility index (Phi) is 2.73. The predicted octanol–water partition coefficient (Wildman–Crippen LogP) is 0.0731. The van der Waals surface area contributed by atoms with E-state index >= 15 is 0 Å². The summed E-state index contributed by atoms with van der Waals surface area (Å²) >= 11 is 0. The minimum atomic E-state index is -1.59. The van der Waals surface area contributed by atoms with Gasteiger partial charge in [-0.05, 0) is 24.0 Å². The molecule has 3 N–H and O–H groups in total. The van der Waals surface area contributed by atoms with Crippen molar-refractivity contribution in [2.45, 2.75) is 36.8 Å². The van der Waals surface area contributed by atoms with Crippen LogP contribution >= 0.6 is 0 Å². The normalized spacial score (nSPS) is 47.9. The summed E-state index contributed by atoms with van der Waals surface area (Å²) < 4.78 is 5.28. The van der Waals surface area contributed by atoms with Gasteiger partial charge < -0.3 is 20.1 Å². The maximum absolute atomic E-state index is 11.7. The largest absolute Gasteiger partial charge is 0.455 e. The lowest BCUT2D eigenvalue weighted by Crippen LogP contribution is -2.49. The van der Waals surface area contributed by atoms with Gasteiger partial charge in [0.1, 0.15) is 11.7 Å². The zero-order chi connectivity index (χ0) is 14.8. The third-order valence-corrected chi connectivity index (χ3v) is 5.00. The van der Waals surface area contributed by atoms with Gasteiger partial charge in [0.2, 0.25) is 0 Å². The maximum atomic E-state index is 11.7. The zero-order valence-electron chi connectivity index (χ0n) is 11.1. The number of aliphatic hydroxyl groups is 3. The molecule has 5 nitrogen and oxygen atoms in total. The van der Waals surface area contributed by atoms with E-state index < -0.39 is 41.7 Å². The van der Waals surface area contributed by atoms with Crippen LogP contribution in [0.1, 0.15) is 12.8 Å². The SMILES string of the molecule is C=C1C(=O)O[C@H]2[C@H]1CC(O)C(=C)[C@@H]1C[C@@H](O)C(=C)[C@@]12O. The lowest BCUT2D eigenvalue weighted by atomic mass is 9.77. The summed E-state index contributed by atoms with van der Waals surface area (Å²) in [6.07, 6.45) is -2.19. The highest BCUT2D eigenvalue weighted by Gasteiger charge is 2.63. The fourth-order valence-corrected chi connectivity index (χ4v) is 3.74. The number of hydrogen-bond acceptors (Lipinski definition) is 5. The summed E-state index contributed by atoms with van der Waals surface area (Å²) in [5.74, 6) is -1.64. The molecule has 1 aliphatic heterocycles. The van der Waals surface area contributed by atoms with Crippen molar-refractivity contribution in [2.75, 3.05) is 0 Å². The van der Waals surface area contributed by atoms with E-state index in [-0.39, 0.29) is 24.0 Å². The number of carbonyl (C=O) groups excluding carboxylic acids is 1. The van der Waals surface area contributed by atoms with Gasteiger partial charge in [-0.2, -0.15) is 0 Å². The van der Waals surface area contributed by atoms with Gasteiger partial charge in [-0.3, -0.25) is 0 Å². The van der Waals surface area contributed by atoms with Crippen LogP contribution in [-0.4, -0.2) is 45.2 Å². The highest BCUT2D eigenvalue weighted by Crippen LogP contribution is 2.54. The molecule has 0 radical (unpaired) electrons. The van der Waals surface area contributed by atoms with Crippen molar-refractivity contribution in [3.05, 3.63) is 36.5 Å². The van der Waals surface area contributed by atoms with E-state index in [0.717, 1.165) is 0 Å². The molecule has 0 aromatic rings. The summed E-state index contributed by atoms with van der Waals surface area (Å²) in [4.78, 5) is 11.7. The number of fused-ring (bicyclic) bond motifs is 3. The van der Waals surface area contributed by atoms with Crippen LogP contribution in [-0.2, 0) is 9.53 Å². The molecule has 6 atom stereocenters. The zero-order valence-corrected chi connectivity index (χ0v) is 11.1. The highest BCUT2D eigenvalue weighted by atomic mass is 16.6. The molecule has 3 aliphatic rings. The van der Waals surface area contributed by atoms with Crippen molar-refractivity contribution in [2.24, 2.45) is 11.8 Å². The Morgan fingerprint density at radius 2 is 1.80 bits per heavy atom. The molecule has 2 saturated carbocycles. The molecule has 5 heteroatoms. The summed E-state index contributed by atoms with van der Waals surface area (Å²) in [7, 11) is 0. The number of ether oxygens (including phenoxy) is 1. The second-order valence-corrected chi connectivity index (χ2v) is 5.94. The van der Waals surface area contributed by atoms with Gasteiger partial charge in [-0.25, -0.2) is 4.79 Å². The van der Waals surface area contributed by atoms with E-state index in [1.807, 2.05) is 0 Å². The van der Waals surface area contributed by atoms with Crippen molar-refractivity contribution in [1.82, 2.24) is 0 Å². The van der Waals surface area contributed by atoms with Crippen LogP contribution in [0.25, 0.3) is 0 Å². The van der Waals surface area contributed by atoms with Gasteiger partial charge in [-0.1, -0.05) is 19.7 Å². The minimum absolute atomic E-state index is 0.218. The van der Waals surface area contributed by atoms with E-state index in [1.54, 1.807) is 0 Å². The van der Waals surface area contributed by atoms with Crippen LogP contribution in [0.15, 0.2) is 36.5 Å². The fraction of sp³-hybridized carbons (Fsp3) is 0.533. The van der Waals surface area contributed by atoms with E-state index in [9.17, 15) is 20.1 Å². The van der Waals surface area contributed by atoms with Crippen LogP contribution in [0, 0.1) is 11.8 Å². The number of hydrogen-bond donors (Lipinski definition) is 3. The third kappa shape index (κ3) is 1.45. The molecule has 0 aromatic heterocycles. The number of esters is 1. The summed E-state index contributed by atoms with van der Waals surface area (Å²) in [6.45, 7) is 11.3. The van der Waals surface area contributed by atoms with E-state index in [1.165, 1.54) is 0 Å². The second-order valence-electron chi connectivity index (χ2n) is 5.94. The highest BCUT2D eigenvalue weighted by molar-refractivity contribution is 5.91. The number of rotatable bonds is 0. The van der Waals surface area contributed by atoms with Gasteiger partial charge in [0, 0.05) is 17.4 Å². The van der Waals surface area contributed by atoms with Crippen molar-refractivity contribution in [3.8, 4) is 0 Å². The molecular formula is C15H18O5. The van der Waals surface area contributed by atoms with Crippen LogP contribution in [0.3, 0.4) is 0 Å². The lowest BCUT2D eigenvalue weighted by Gasteiger charge is -2.36. The molecule has 2 aliphatic carbocycles. The van der Waals surface area contributed by atoms with Crippen LogP contribution in [0.4, 0.5) is 0 Å². The van der Waals surface area contributed by atoms with E-state index in [4.69, 9.17) is 4.74 Å². The van der Waals surface area contributed by atoms with Gasteiger partial charge in [0.05, 0.1) is 12.2 Å². The Balaban J connectivity index is 2.14. The molecule has 0 spiro atoms. The topological polar surface area (TPSA) is 87.0 Å². The molecule has 108 valence electrons. The Bertz CT molecular complexity index is 536. The summed E-state index contributed by atoms with van der Waals surface area (Å²) in [5.41, 5.74) is -0.683. The molecular weight excluding hydrogens is 260 g/mol.